The van der Waals surface area contributed by atoms with Crippen LogP contribution in [0.4, 0.5) is 0 Å². The van der Waals surface area contributed by atoms with Crippen molar-refractivity contribution in [3.8, 4) is 0 Å². The minimum Gasteiger partial charge on any atom is -0.354 e. The average molecular weight is 317 g/mol. The van der Waals surface area contributed by atoms with Crippen LogP contribution in [0, 0.1) is 0 Å². The first-order valence-corrected chi connectivity index (χ1v) is 8.79. The van der Waals surface area contributed by atoms with E-state index in [1.165, 1.54) is 4.90 Å². The number of carbonyl (C=O) groups is 1. The minimum absolute atomic E-state index is 0.0749. The van der Waals surface area contributed by atoms with Crippen LogP contribution < -0.4 is 5.32 Å². The van der Waals surface area contributed by atoms with Crippen molar-refractivity contribution in [3.05, 3.63) is 60.7 Å². The molecule has 0 aliphatic carbocycles. The third-order valence-electron chi connectivity index (χ3n) is 2.84. The number of benzene rings is 2. The summed E-state index contributed by atoms with van der Waals surface area (Å²) in [7, 11) is 0. The Morgan fingerprint density at radius 2 is 1.57 bits per heavy atom. The summed E-state index contributed by atoms with van der Waals surface area (Å²) in [4.78, 5) is 14.4. The molecule has 4 heteroatoms. The van der Waals surface area contributed by atoms with Crippen LogP contribution in [0.15, 0.2) is 70.5 Å². The summed E-state index contributed by atoms with van der Waals surface area (Å²) >= 11 is 3.34. The molecule has 0 aliphatic heterocycles. The van der Waals surface area contributed by atoms with E-state index in [0.717, 1.165) is 10.6 Å². The quantitative estimate of drug-likeness (QED) is 0.616. The maximum absolute atomic E-state index is 12.0. The average Bonchev–Trinajstić information content (AvgIpc) is 2.53. The Hall–Kier alpha value is -1.39. The van der Waals surface area contributed by atoms with Crippen LogP contribution in [0.3, 0.4) is 0 Å². The predicted octanol–water partition coefficient (Wildman–Crippen LogP) is 4.08. The lowest BCUT2D eigenvalue weighted by atomic mass is 10.4. The summed E-state index contributed by atoms with van der Waals surface area (Å²) in [6.07, 6.45) is 0. The molecule has 0 aliphatic rings. The van der Waals surface area contributed by atoms with Gasteiger partial charge in [0.1, 0.15) is 0 Å². The highest BCUT2D eigenvalue weighted by molar-refractivity contribution is 8.00. The van der Waals surface area contributed by atoms with Crippen molar-refractivity contribution in [2.45, 2.75) is 22.0 Å². The fourth-order valence-electron chi connectivity index (χ4n) is 1.76. The van der Waals surface area contributed by atoms with Gasteiger partial charge in [-0.25, -0.2) is 0 Å². The van der Waals surface area contributed by atoms with Gasteiger partial charge in [0.2, 0.25) is 5.91 Å². The molecule has 1 unspecified atom stereocenters. The second-order valence-corrected chi connectivity index (χ2v) is 7.11. The molecule has 2 nitrogen and oxygen atoms in total. The zero-order valence-corrected chi connectivity index (χ0v) is 13.6. The van der Waals surface area contributed by atoms with Gasteiger partial charge in [-0.05, 0) is 31.2 Å². The molecule has 110 valence electrons. The summed E-state index contributed by atoms with van der Waals surface area (Å²) in [5.74, 6) is 0.982. The smallest absolute Gasteiger partial charge is 0.233 e. The number of rotatable bonds is 7. The van der Waals surface area contributed by atoms with Crippen molar-refractivity contribution in [1.82, 2.24) is 5.32 Å². The number of hydrogen-bond donors (Lipinski definition) is 1. The highest BCUT2D eigenvalue weighted by Gasteiger charge is 2.13. The molecule has 0 aromatic heterocycles. The fourth-order valence-corrected chi connectivity index (χ4v) is 3.46. The summed E-state index contributed by atoms with van der Waals surface area (Å²) in [6.45, 7) is 2.63. The lowest BCUT2D eigenvalue weighted by Gasteiger charge is -2.11. The van der Waals surface area contributed by atoms with Gasteiger partial charge in [-0.2, -0.15) is 0 Å². The second kappa shape index (κ2) is 8.80. The third kappa shape index (κ3) is 5.86. The van der Waals surface area contributed by atoms with Crippen LogP contribution in [0.5, 0.6) is 0 Å². The Kier molecular flexibility index (Phi) is 6.70. The highest BCUT2D eigenvalue weighted by Crippen LogP contribution is 2.22. The van der Waals surface area contributed by atoms with Crippen molar-refractivity contribution < 1.29 is 4.79 Å². The standard InChI is InChI=1S/C17H19NOS2/c1-14(21-16-10-6-3-7-11-16)17(19)18-12-13-20-15-8-4-2-5-9-15/h2-11,14H,12-13H2,1H3,(H,18,19). The van der Waals surface area contributed by atoms with Gasteiger partial charge in [0, 0.05) is 22.1 Å². The molecule has 2 rings (SSSR count). The van der Waals surface area contributed by atoms with Gasteiger partial charge in [-0.1, -0.05) is 36.4 Å². The molecule has 0 bridgehead atoms. The Balaban J connectivity index is 1.67. The fraction of sp³-hybridized carbons (Fsp3) is 0.235. The lowest BCUT2D eigenvalue weighted by Crippen LogP contribution is -2.32. The molecule has 2 aromatic carbocycles. The van der Waals surface area contributed by atoms with Crippen LogP contribution in [0.25, 0.3) is 0 Å². The summed E-state index contributed by atoms with van der Waals surface area (Å²) in [5, 5.41) is 2.92. The van der Waals surface area contributed by atoms with Crippen molar-refractivity contribution in [2.75, 3.05) is 12.3 Å². The first kappa shape index (κ1) is 16.0. The number of nitrogens with one attached hydrogen (secondary N) is 1. The zero-order valence-electron chi connectivity index (χ0n) is 12.0. The Bertz CT molecular complexity index is 545. The Labute approximate surface area is 134 Å². The molecule has 0 saturated carbocycles. The van der Waals surface area contributed by atoms with Crippen molar-refractivity contribution >= 4 is 29.4 Å². The largest absolute Gasteiger partial charge is 0.354 e. The van der Waals surface area contributed by atoms with Crippen LogP contribution in [0.2, 0.25) is 0 Å². The third-order valence-corrected chi connectivity index (χ3v) is 4.96. The van der Waals surface area contributed by atoms with E-state index in [1.807, 2.05) is 55.5 Å². The van der Waals surface area contributed by atoms with Crippen molar-refractivity contribution in [1.29, 1.82) is 0 Å². The second-order valence-electron chi connectivity index (χ2n) is 4.53. The van der Waals surface area contributed by atoms with E-state index in [9.17, 15) is 4.79 Å². The van der Waals surface area contributed by atoms with Crippen LogP contribution in [-0.4, -0.2) is 23.5 Å². The minimum atomic E-state index is -0.0749. The van der Waals surface area contributed by atoms with Crippen LogP contribution in [0.1, 0.15) is 6.92 Å². The van der Waals surface area contributed by atoms with Crippen molar-refractivity contribution in [3.63, 3.8) is 0 Å². The SMILES string of the molecule is CC(Sc1ccccc1)C(=O)NCCSc1ccccc1. The van der Waals surface area contributed by atoms with Gasteiger partial charge in [0.25, 0.3) is 0 Å². The number of hydrogen-bond acceptors (Lipinski definition) is 3. The van der Waals surface area contributed by atoms with E-state index >= 15 is 0 Å². The monoisotopic (exact) mass is 317 g/mol. The van der Waals surface area contributed by atoms with E-state index in [2.05, 4.69) is 17.4 Å². The molecule has 2 aromatic rings. The maximum Gasteiger partial charge on any atom is 0.233 e. The summed E-state index contributed by atoms with van der Waals surface area (Å²) < 4.78 is 0. The zero-order chi connectivity index (χ0) is 14.9. The summed E-state index contributed by atoms with van der Waals surface area (Å²) in [5.41, 5.74) is 0. The van der Waals surface area contributed by atoms with Gasteiger partial charge in [-0.3, -0.25) is 4.79 Å². The lowest BCUT2D eigenvalue weighted by molar-refractivity contribution is -0.120. The molecule has 21 heavy (non-hydrogen) atoms. The summed E-state index contributed by atoms with van der Waals surface area (Å²) in [6, 6.07) is 20.2. The van der Waals surface area contributed by atoms with E-state index in [1.54, 1.807) is 23.5 Å². The normalized spacial score (nSPS) is 11.9. The number of carbonyl (C=O) groups excluding carboxylic acids is 1. The molecule has 0 spiro atoms. The predicted molar refractivity (Wildman–Crippen MR) is 91.9 cm³/mol. The molecular formula is C17H19NOS2. The highest BCUT2D eigenvalue weighted by atomic mass is 32.2. The van der Waals surface area contributed by atoms with Crippen LogP contribution >= 0.6 is 23.5 Å². The number of amides is 1. The molecule has 0 fully saturated rings. The Morgan fingerprint density at radius 3 is 2.19 bits per heavy atom. The maximum atomic E-state index is 12.0. The van der Waals surface area contributed by atoms with Gasteiger partial charge >= 0.3 is 0 Å². The van der Waals surface area contributed by atoms with Crippen LogP contribution in [-0.2, 0) is 4.79 Å². The first-order valence-electron chi connectivity index (χ1n) is 6.93. The molecule has 1 atom stereocenters. The molecule has 0 radical (unpaired) electrons. The Morgan fingerprint density at radius 1 is 1.00 bits per heavy atom. The topological polar surface area (TPSA) is 29.1 Å². The van der Waals surface area contributed by atoms with Gasteiger partial charge in [0.05, 0.1) is 5.25 Å². The number of thioether (sulfide) groups is 2. The molecular weight excluding hydrogens is 298 g/mol. The van der Waals surface area contributed by atoms with Gasteiger partial charge in [0.15, 0.2) is 0 Å². The molecule has 1 amide bonds. The van der Waals surface area contributed by atoms with Gasteiger partial charge < -0.3 is 5.32 Å². The van der Waals surface area contributed by atoms with E-state index < -0.39 is 0 Å². The first-order chi connectivity index (χ1) is 10.3. The van der Waals surface area contributed by atoms with E-state index in [4.69, 9.17) is 0 Å². The van der Waals surface area contributed by atoms with E-state index in [-0.39, 0.29) is 11.2 Å². The van der Waals surface area contributed by atoms with Crippen molar-refractivity contribution in [2.24, 2.45) is 0 Å². The van der Waals surface area contributed by atoms with E-state index in [0.29, 0.717) is 6.54 Å². The molecule has 0 heterocycles. The molecule has 1 N–H and O–H groups in total. The van der Waals surface area contributed by atoms with Gasteiger partial charge in [-0.15, -0.1) is 23.5 Å². The molecule has 0 saturated heterocycles.